The van der Waals surface area contributed by atoms with E-state index in [1.807, 2.05) is 27.7 Å². The summed E-state index contributed by atoms with van der Waals surface area (Å²) in [5.41, 5.74) is 5.59. The first kappa shape index (κ1) is 13.0. The number of aliphatic hydroxyl groups excluding tert-OH is 1. The normalized spacial score (nSPS) is 23.8. The molecule has 1 atom stereocenters. The zero-order valence-corrected chi connectivity index (χ0v) is 10.1. The molecule has 0 saturated carbocycles. The van der Waals surface area contributed by atoms with Gasteiger partial charge in [-0.2, -0.15) is 0 Å². The average Bonchev–Trinajstić information content (AvgIpc) is 2.33. The monoisotopic (exact) mass is 228 g/mol. The molecule has 0 amide bonds. The van der Waals surface area contributed by atoms with E-state index in [9.17, 15) is 10.2 Å². The number of rotatable bonds is 3. The molecule has 1 aliphatic heterocycles. The molecule has 0 radical (unpaired) electrons. The molecule has 1 rings (SSSR count). The van der Waals surface area contributed by atoms with Crippen molar-refractivity contribution in [2.45, 2.75) is 45.6 Å². The van der Waals surface area contributed by atoms with E-state index >= 15 is 0 Å². The zero-order valence-electron chi connectivity index (χ0n) is 10.1. The number of ether oxygens (including phenoxy) is 1. The summed E-state index contributed by atoms with van der Waals surface area (Å²) in [6, 6.07) is -0.569. The highest BCUT2D eigenvalue weighted by molar-refractivity contribution is 6.03. The number of nitrogens with zero attached hydrogens (tertiary/aromatic N) is 1. The second-order valence-electron chi connectivity index (χ2n) is 4.82. The van der Waals surface area contributed by atoms with Crippen molar-refractivity contribution in [2.75, 3.05) is 0 Å². The molecule has 0 aromatic carbocycles. The van der Waals surface area contributed by atoms with Gasteiger partial charge in [0.15, 0.2) is 12.2 Å². The maximum Gasteiger partial charge on any atom is 0.187 e. The summed E-state index contributed by atoms with van der Waals surface area (Å²) >= 11 is 0. The molecule has 5 heteroatoms. The van der Waals surface area contributed by atoms with Crippen LogP contribution in [0.2, 0.25) is 0 Å². The van der Waals surface area contributed by atoms with E-state index in [4.69, 9.17) is 10.5 Å². The molecule has 0 fully saturated rings. The number of hydrogen-bond acceptors (Lipinski definition) is 5. The van der Waals surface area contributed by atoms with Gasteiger partial charge in [0.25, 0.3) is 0 Å². The van der Waals surface area contributed by atoms with Crippen LogP contribution in [0.4, 0.5) is 0 Å². The van der Waals surface area contributed by atoms with Gasteiger partial charge in [-0.05, 0) is 19.8 Å². The molecule has 4 N–H and O–H groups in total. The number of aliphatic hydroxyl groups is 2. The highest BCUT2D eigenvalue weighted by Crippen LogP contribution is 2.24. The second-order valence-corrected chi connectivity index (χ2v) is 4.82. The van der Waals surface area contributed by atoms with Gasteiger partial charge in [-0.15, -0.1) is 0 Å². The van der Waals surface area contributed by atoms with E-state index in [0.29, 0.717) is 11.6 Å². The van der Waals surface area contributed by atoms with Gasteiger partial charge in [0.05, 0.1) is 5.71 Å². The lowest BCUT2D eigenvalue weighted by molar-refractivity contribution is -0.0670. The maximum atomic E-state index is 9.23. The summed E-state index contributed by atoms with van der Waals surface area (Å²) in [4.78, 5) is 4.31. The summed E-state index contributed by atoms with van der Waals surface area (Å²) in [6.45, 7) is 7.43. The predicted molar refractivity (Wildman–Crippen MR) is 61.7 cm³/mol. The molecule has 1 aliphatic rings. The molecule has 1 unspecified atom stereocenters. The molecule has 0 bridgehead atoms. The van der Waals surface area contributed by atoms with Crippen molar-refractivity contribution in [1.29, 1.82) is 0 Å². The van der Waals surface area contributed by atoms with Crippen LogP contribution in [-0.4, -0.2) is 33.9 Å². The van der Waals surface area contributed by atoms with Gasteiger partial charge in [0.2, 0.25) is 0 Å². The van der Waals surface area contributed by atoms with Crippen LogP contribution in [0.15, 0.2) is 17.0 Å². The molecular formula is C11H20N2O3. The largest absolute Gasteiger partial charge is 0.467 e. The van der Waals surface area contributed by atoms with Gasteiger partial charge >= 0.3 is 0 Å². The van der Waals surface area contributed by atoms with Crippen molar-refractivity contribution in [3.63, 3.8) is 0 Å². The first-order chi connectivity index (χ1) is 7.24. The van der Waals surface area contributed by atoms with Crippen LogP contribution in [0, 0.1) is 5.92 Å². The Bertz CT molecular complexity index is 311. The third-order valence-electron chi connectivity index (χ3n) is 2.55. The fourth-order valence-corrected chi connectivity index (χ4v) is 1.60. The Kier molecular flexibility index (Phi) is 3.60. The topological polar surface area (TPSA) is 88.1 Å². The van der Waals surface area contributed by atoms with Crippen molar-refractivity contribution >= 4 is 5.71 Å². The molecule has 0 spiro atoms. The van der Waals surface area contributed by atoms with Crippen LogP contribution >= 0.6 is 0 Å². The lowest BCUT2D eigenvalue weighted by atomic mass is 10.0. The highest BCUT2D eigenvalue weighted by atomic mass is 16.5. The van der Waals surface area contributed by atoms with Gasteiger partial charge < -0.3 is 20.7 Å². The Morgan fingerprint density at radius 1 is 1.38 bits per heavy atom. The van der Waals surface area contributed by atoms with Gasteiger partial charge in [0.1, 0.15) is 11.6 Å². The summed E-state index contributed by atoms with van der Waals surface area (Å²) in [6.07, 6.45) is 0.149. The van der Waals surface area contributed by atoms with E-state index < -0.39 is 17.9 Å². The van der Waals surface area contributed by atoms with Gasteiger partial charge in [-0.25, -0.2) is 0 Å². The van der Waals surface area contributed by atoms with E-state index in [1.165, 1.54) is 0 Å². The van der Waals surface area contributed by atoms with Crippen LogP contribution in [-0.2, 0) is 4.74 Å². The third-order valence-corrected chi connectivity index (χ3v) is 2.55. The Balaban J connectivity index is 2.98. The van der Waals surface area contributed by atoms with Crippen LogP contribution in [0.3, 0.4) is 0 Å². The lowest BCUT2D eigenvalue weighted by Gasteiger charge is -2.24. The van der Waals surface area contributed by atoms with Crippen LogP contribution in [0.25, 0.3) is 0 Å². The first-order valence-corrected chi connectivity index (χ1v) is 5.34. The van der Waals surface area contributed by atoms with Crippen molar-refractivity contribution in [2.24, 2.45) is 16.6 Å². The Morgan fingerprint density at radius 3 is 2.25 bits per heavy atom. The summed E-state index contributed by atoms with van der Waals surface area (Å²) in [7, 11) is 0. The Hall–Kier alpha value is -1.07. The minimum atomic E-state index is -1.47. The predicted octanol–water partition coefficient (Wildman–Crippen LogP) is 0.372. The van der Waals surface area contributed by atoms with Gasteiger partial charge in [-0.3, -0.25) is 4.99 Å². The fourth-order valence-electron chi connectivity index (χ4n) is 1.60. The number of aliphatic imine (C=N–C) groups is 1. The van der Waals surface area contributed by atoms with E-state index in [1.54, 1.807) is 6.08 Å². The standard InChI is InChI=1S/C11H20N2O3/c1-6(2)9(10(14)15)13-7-5-8(12)16-11(7,3)4/h5-6,9-10,14-15H,12H2,1-4H3. The minimum Gasteiger partial charge on any atom is -0.467 e. The van der Waals surface area contributed by atoms with Gasteiger partial charge in [0, 0.05) is 6.08 Å². The highest BCUT2D eigenvalue weighted by Gasteiger charge is 2.34. The molecule has 0 aromatic rings. The van der Waals surface area contributed by atoms with Crippen LogP contribution in [0.1, 0.15) is 27.7 Å². The zero-order chi connectivity index (χ0) is 12.5. The molecule has 0 aromatic heterocycles. The molecule has 1 heterocycles. The Morgan fingerprint density at radius 2 is 1.94 bits per heavy atom. The quantitative estimate of drug-likeness (QED) is 0.609. The van der Waals surface area contributed by atoms with E-state index in [0.717, 1.165) is 0 Å². The van der Waals surface area contributed by atoms with Crippen LogP contribution < -0.4 is 5.73 Å². The van der Waals surface area contributed by atoms with E-state index in [-0.39, 0.29) is 5.92 Å². The summed E-state index contributed by atoms with van der Waals surface area (Å²) < 4.78 is 5.37. The molecule has 5 nitrogen and oxygen atoms in total. The maximum absolute atomic E-state index is 9.23. The second kappa shape index (κ2) is 4.43. The Labute approximate surface area is 95.6 Å². The molecule has 0 saturated heterocycles. The van der Waals surface area contributed by atoms with Crippen molar-refractivity contribution < 1.29 is 14.9 Å². The first-order valence-electron chi connectivity index (χ1n) is 5.34. The average molecular weight is 228 g/mol. The number of nitrogens with two attached hydrogens (primary N) is 1. The third kappa shape index (κ3) is 2.74. The van der Waals surface area contributed by atoms with Crippen LogP contribution in [0.5, 0.6) is 0 Å². The molecule has 0 aliphatic carbocycles. The van der Waals surface area contributed by atoms with Gasteiger partial charge in [-0.1, -0.05) is 13.8 Å². The molecule has 16 heavy (non-hydrogen) atoms. The summed E-state index contributed by atoms with van der Waals surface area (Å²) in [5.74, 6) is 0.331. The molecule has 92 valence electrons. The van der Waals surface area contributed by atoms with Crippen molar-refractivity contribution in [3.05, 3.63) is 12.0 Å². The van der Waals surface area contributed by atoms with E-state index in [2.05, 4.69) is 4.99 Å². The number of hydrogen-bond donors (Lipinski definition) is 3. The minimum absolute atomic E-state index is 0.0264. The smallest absolute Gasteiger partial charge is 0.187 e. The SMILES string of the molecule is CC(C)C(N=C1C=C(N)OC1(C)C)C(O)O. The van der Waals surface area contributed by atoms with Crippen molar-refractivity contribution in [1.82, 2.24) is 0 Å². The lowest BCUT2D eigenvalue weighted by Crippen LogP contribution is -2.35. The molecular weight excluding hydrogens is 208 g/mol. The summed E-state index contributed by atoms with van der Waals surface area (Å²) in [5, 5.41) is 18.5. The fraction of sp³-hybridized carbons (Fsp3) is 0.727. The van der Waals surface area contributed by atoms with Crippen molar-refractivity contribution in [3.8, 4) is 0 Å².